The van der Waals surface area contributed by atoms with Crippen LogP contribution in [0.1, 0.15) is 32.0 Å². The summed E-state index contributed by atoms with van der Waals surface area (Å²) in [6, 6.07) is 0. The lowest BCUT2D eigenvalue weighted by molar-refractivity contribution is 0.507. The highest BCUT2D eigenvalue weighted by molar-refractivity contribution is 4.91. The van der Waals surface area contributed by atoms with Gasteiger partial charge < -0.3 is 5.32 Å². The third-order valence-corrected chi connectivity index (χ3v) is 3.00. The summed E-state index contributed by atoms with van der Waals surface area (Å²) in [5, 5.41) is 7.64. The number of aromatic nitrogens is 3. The largest absolute Gasteiger partial charge is 0.345 e. The fraction of sp³-hybridized carbons (Fsp3) is 0.818. The van der Waals surface area contributed by atoms with Crippen LogP contribution in [0.25, 0.3) is 0 Å². The van der Waals surface area contributed by atoms with Crippen molar-refractivity contribution in [2.45, 2.75) is 45.7 Å². The van der Waals surface area contributed by atoms with Gasteiger partial charge in [-0.15, -0.1) is 0 Å². The number of nitrogens with one attached hydrogen (secondary N) is 1. The Kier molecular flexibility index (Phi) is 3.77. The van der Waals surface area contributed by atoms with Gasteiger partial charge in [-0.1, -0.05) is 6.92 Å². The van der Waals surface area contributed by atoms with E-state index in [1.54, 1.807) is 4.68 Å². The minimum absolute atomic E-state index is 0.0752. The van der Waals surface area contributed by atoms with E-state index in [9.17, 15) is 4.79 Å². The van der Waals surface area contributed by atoms with Crippen LogP contribution < -0.4 is 11.0 Å². The molecule has 1 aliphatic heterocycles. The van der Waals surface area contributed by atoms with E-state index in [0.717, 1.165) is 57.7 Å². The topological polar surface area (TPSA) is 51.9 Å². The molecule has 5 nitrogen and oxygen atoms in total. The summed E-state index contributed by atoms with van der Waals surface area (Å²) in [6.07, 6.45) is 4.18. The number of nitrogens with zero attached hydrogens (tertiary/aromatic N) is 3. The van der Waals surface area contributed by atoms with E-state index in [1.165, 1.54) is 0 Å². The summed E-state index contributed by atoms with van der Waals surface area (Å²) in [7, 11) is 0. The normalized spacial score (nSPS) is 15.1. The minimum atomic E-state index is 0.0752. The van der Waals surface area contributed by atoms with E-state index in [1.807, 2.05) is 4.57 Å². The minimum Gasteiger partial charge on any atom is -0.317 e. The highest BCUT2D eigenvalue weighted by Crippen LogP contribution is 2.09. The lowest BCUT2D eigenvalue weighted by atomic mass is 10.2. The van der Waals surface area contributed by atoms with Gasteiger partial charge in [0.05, 0.1) is 0 Å². The van der Waals surface area contributed by atoms with Crippen molar-refractivity contribution < 1.29 is 0 Å². The van der Waals surface area contributed by atoms with Crippen LogP contribution in [0.5, 0.6) is 0 Å². The van der Waals surface area contributed by atoms with E-state index >= 15 is 0 Å². The first-order valence-corrected chi connectivity index (χ1v) is 6.20. The zero-order valence-electron chi connectivity index (χ0n) is 9.91. The summed E-state index contributed by atoms with van der Waals surface area (Å²) < 4.78 is 3.45. The SMILES string of the molecule is CCNCCCn1nc2n(c1=O)CCCC2. The highest BCUT2D eigenvalue weighted by Gasteiger charge is 2.15. The number of hydrogen-bond acceptors (Lipinski definition) is 3. The number of fused-ring (bicyclic) bond motifs is 1. The summed E-state index contributed by atoms with van der Waals surface area (Å²) in [5.41, 5.74) is 0.0752. The van der Waals surface area contributed by atoms with Crippen molar-refractivity contribution in [1.82, 2.24) is 19.7 Å². The molecule has 0 atom stereocenters. The van der Waals surface area contributed by atoms with E-state index in [2.05, 4.69) is 17.3 Å². The summed E-state index contributed by atoms with van der Waals surface area (Å²) in [5.74, 6) is 0.972. The van der Waals surface area contributed by atoms with Gasteiger partial charge in [0.15, 0.2) is 0 Å². The van der Waals surface area contributed by atoms with Crippen molar-refractivity contribution in [3.63, 3.8) is 0 Å². The lowest BCUT2D eigenvalue weighted by Gasteiger charge is -2.09. The van der Waals surface area contributed by atoms with Crippen molar-refractivity contribution in [3.05, 3.63) is 16.3 Å². The average Bonchev–Trinajstić information content (AvgIpc) is 2.63. The van der Waals surface area contributed by atoms with Crippen LogP contribution in [0.4, 0.5) is 0 Å². The molecule has 0 fully saturated rings. The molecule has 0 aromatic carbocycles. The van der Waals surface area contributed by atoms with Crippen LogP contribution in [-0.4, -0.2) is 27.4 Å². The summed E-state index contributed by atoms with van der Waals surface area (Å²) in [4.78, 5) is 11.9. The third kappa shape index (κ3) is 2.35. The van der Waals surface area contributed by atoms with Crippen molar-refractivity contribution in [1.29, 1.82) is 0 Å². The first-order chi connectivity index (χ1) is 7.83. The fourth-order valence-electron chi connectivity index (χ4n) is 2.12. The smallest absolute Gasteiger partial charge is 0.317 e. The lowest BCUT2D eigenvalue weighted by Crippen LogP contribution is -2.28. The first kappa shape index (κ1) is 11.4. The van der Waals surface area contributed by atoms with E-state index in [-0.39, 0.29) is 5.69 Å². The van der Waals surface area contributed by atoms with Gasteiger partial charge in [-0.2, -0.15) is 5.10 Å². The average molecular weight is 224 g/mol. The second-order valence-electron chi connectivity index (χ2n) is 4.24. The molecule has 1 aliphatic rings. The van der Waals surface area contributed by atoms with Gasteiger partial charge in [0.1, 0.15) is 5.82 Å². The Morgan fingerprint density at radius 1 is 1.44 bits per heavy atom. The Morgan fingerprint density at radius 3 is 3.06 bits per heavy atom. The molecule has 1 aromatic rings. The zero-order chi connectivity index (χ0) is 11.4. The van der Waals surface area contributed by atoms with Crippen molar-refractivity contribution in [2.75, 3.05) is 13.1 Å². The van der Waals surface area contributed by atoms with Gasteiger partial charge in [0.25, 0.3) is 0 Å². The number of rotatable bonds is 5. The summed E-state index contributed by atoms with van der Waals surface area (Å²) >= 11 is 0. The summed E-state index contributed by atoms with van der Waals surface area (Å²) in [6.45, 7) is 5.59. The molecule has 0 saturated carbocycles. The van der Waals surface area contributed by atoms with Gasteiger partial charge >= 0.3 is 5.69 Å². The van der Waals surface area contributed by atoms with Crippen LogP contribution >= 0.6 is 0 Å². The quantitative estimate of drug-likeness (QED) is 0.736. The predicted octanol–water partition coefficient (Wildman–Crippen LogP) is 0.381. The molecule has 5 heteroatoms. The molecule has 2 rings (SSSR count). The molecule has 16 heavy (non-hydrogen) atoms. The Labute approximate surface area is 95.5 Å². The van der Waals surface area contributed by atoms with Crippen LogP contribution in [-0.2, 0) is 19.5 Å². The third-order valence-electron chi connectivity index (χ3n) is 3.00. The molecule has 0 radical (unpaired) electrons. The number of hydrogen-bond donors (Lipinski definition) is 1. The molecular formula is C11H20N4O. The molecule has 0 saturated heterocycles. The molecule has 0 amide bonds. The number of aryl methyl sites for hydroxylation is 2. The highest BCUT2D eigenvalue weighted by atomic mass is 16.2. The maximum Gasteiger partial charge on any atom is 0.345 e. The molecule has 0 aliphatic carbocycles. The van der Waals surface area contributed by atoms with Crippen LogP contribution in [0.2, 0.25) is 0 Å². The molecule has 0 spiro atoms. The Balaban J connectivity index is 1.99. The molecular weight excluding hydrogens is 204 g/mol. The predicted molar refractivity (Wildman–Crippen MR) is 62.6 cm³/mol. The second kappa shape index (κ2) is 5.30. The van der Waals surface area contributed by atoms with Gasteiger partial charge in [-0.25, -0.2) is 9.48 Å². The van der Waals surface area contributed by atoms with Gasteiger partial charge in [-0.3, -0.25) is 4.57 Å². The van der Waals surface area contributed by atoms with Gasteiger partial charge in [0, 0.05) is 19.5 Å². The molecule has 0 bridgehead atoms. The zero-order valence-corrected chi connectivity index (χ0v) is 9.91. The van der Waals surface area contributed by atoms with Crippen LogP contribution in [0.3, 0.4) is 0 Å². The van der Waals surface area contributed by atoms with Gasteiger partial charge in [-0.05, 0) is 32.4 Å². The second-order valence-corrected chi connectivity index (χ2v) is 4.24. The van der Waals surface area contributed by atoms with Crippen LogP contribution in [0, 0.1) is 0 Å². The maximum atomic E-state index is 11.9. The van der Waals surface area contributed by atoms with Crippen molar-refractivity contribution in [3.8, 4) is 0 Å². The van der Waals surface area contributed by atoms with Crippen molar-refractivity contribution in [2.24, 2.45) is 0 Å². The van der Waals surface area contributed by atoms with E-state index in [0.29, 0.717) is 0 Å². The standard InChI is InChI=1S/C11H20N4O/c1-2-12-7-5-9-15-11(16)14-8-4-3-6-10(14)13-15/h12H,2-9H2,1H3. The Morgan fingerprint density at radius 2 is 2.31 bits per heavy atom. The van der Waals surface area contributed by atoms with E-state index in [4.69, 9.17) is 0 Å². The molecule has 1 aromatic heterocycles. The molecule has 1 N–H and O–H groups in total. The Hall–Kier alpha value is -1.10. The van der Waals surface area contributed by atoms with Crippen LogP contribution in [0.15, 0.2) is 4.79 Å². The monoisotopic (exact) mass is 224 g/mol. The molecule has 90 valence electrons. The molecule has 0 unspecified atom stereocenters. The van der Waals surface area contributed by atoms with Crippen molar-refractivity contribution >= 4 is 0 Å². The molecule has 2 heterocycles. The fourth-order valence-corrected chi connectivity index (χ4v) is 2.12. The van der Waals surface area contributed by atoms with E-state index < -0.39 is 0 Å². The van der Waals surface area contributed by atoms with Gasteiger partial charge in [0.2, 0.25) is 0 Å². The maximum absolute atomic E-state index is 11.9. The Bertz CT molecular complexity index is 393. The first-order valence-electron chi connectivity index (χ1n) is 6.20.